The van der Waals surface area contributed by atoms with Gasteiger partial charge in [0.2, 0.25) is 0 Å². The lowest BCUT2D eigenvalue weighted by atomic mass is 9.98. The van der Waals surface area contributed by atoms with Crippen molar-refractivity contribution in [3.05, 3.63) is 84.2 Å². The smallest absolute Gasteiger partial charge is 0.123 e. The van der Waals surface area contributed by atoms with Crippen molar-refractivity contribution in [1.82, 2.24) is 5.32 Å². The lowest BCUT2D eigenvalue weighted by Gasteiger charge is -2.27. The Balaban J connectivity index is 0.00000208. The van der Waals surface area contributed by atoms with Gasteiger partial charge < -0.3 is 4.74 Å². The molecule has 1 saturated heterocycles. The van der Waals surface area contributed by atoms with E-state index in [1.54, 1.807) is 12.1 Å². The monoisotopic (exact) mass is 313 g/mol. The molecule has 1 fully saturated rings. The number of rotatable bonds is 6. The Morgan fingerprint density at radius 1 is 1.26 bits per heavy atom. The number of hydrogen-bond acceptors (Lipinski definition) is 2. The molecule has 0 amide bonds. The molecule has 1 aliphatic rings. The van der Waals surface area contributed by atoms with Crippen molar-refractivity contribution in [3.8, 4) is 0 Å². The van der Waals surface area contributed by atoms with E-state index in [1.165, 1.54) is 6.07 Å². The molecule has 0 saturated carbocycles. The van der Waals surface area contributed by atoms with Gasteiger partial charge in [0.05, 0.1) is 18.8 Å². The first-order chi connectivity index (χ1) is 11.2. The van der Waals surface area contributed by atoms with Crippen molar-refractivity contribution in [1.29, 1.82) is 0 Å². The minimum Gasteiger partial charge on any atom is -0.375 e. The van der Waals surface area contributed by atoms with Gasteiger partial charge in [-0.2, -0.15) is 0 Å². The third kappa shape index (κ3) is 3.87. The average molecular weight is 313 g/mol. The maximum absolute atomic E-state index is 13.4. The maximum atomic E-state index is 13.4. The molecular formula is C20H24FNO. The molecule has 0 unspecified atom stereocenters. The molecule has 122 valence electrons. The summed E-state index contributed by atoms with van der Waals surface area (Å²) < 4.78 is 19.3. The van der Waals surface area contributed by atoms with E-state index in [1.807, 2.05) is 30.3 Å². The summed E-state index contributed by atoms with van der Waals surface area (Å²) in [6, 6.07) is 17.1. The molecule has 3 rings (SSSR count). The molecular weight excluding hydrogens is 289 g/mol. The lowest BCUT2D eigenvalue weighted by molar-refractivity contribution is 0.0801. The Morgan fingerprint density at radius 3 is 2.83 bits per heavy atom. The summed E-state index contributed by atoms with van der Waals surface area (Å²) in [5, 5.41) is 3.57. The van der Waals surface area contributed by atoms with Gasteiger partial charge >= 0.3 is 0 Å². The summed E-state index contributed by atoms with van der Waals surface area (Å²) in [6.45, 7) is 5.12. The third-order valence-corrected chi connectivity index (χ3v) is 4.45. The van der Waals surface area contributed by atoms with Gasteiger partial charge in [-0.05, 0) is 36.1 Å². The highest BCUT2D eigenvalue weighted by atomic mass is 19.1. The van der Waals surface area contributed by atoms with Gasteiger partial charge in [0, 0.05) is 7.47 Å². The number of nitrogens with one attached hydrogen (secondary N) is 1. The van der Waals surface area contributed by atoms with Crippen LogP contribution in [0.15, 0.2) is 67.3 Å². The van der Waals surface area contributed by atoms with Crippen LogP contribution in [0.2, 0.25) is 0 Å². The van der Waals surface area contributed by atoms with Gasteiger partial charge in [-0.3, -0.25) is 5.32 Å². The van der Waals surface area contributed by atoms with Crippen LogP contribution in [0.1, 0.15) is 31.4 Å². The molecule has 0 aromatic heterocycles. The molecule has 0 radical (unpaired) electrons. The minimum absolute atomic E-state index is 0. The van der Waals surface area contributed by atoms with Crippen molar-refractivity contribution >= 4 is 0 Å². The van der Waals surface area contributed by atoms with Crippen LogP contribution in [-0.4, -0.2) is 12.1 Å². The fourth-order valence-electron chi connectivity index (χ4n) is 3.13. The van der Waals surface area contributed by atoms with Gasteiger partial charge in [-0.15, -0.1) is 6.58 Å². The Kier molecular flexibility index (Phi) is 4.89. The molecule has 23 heavy (non-hydrogen) atoms. The fourth-order valence-corrected chi connectivity index (χ4v) is 3.13. The van der Waals surface area contributed by atoms with E-state index in [4.69, 9.17) is 4.74 Å². The normalized spacial score (nSPS) is 23.8. The molecule has 2 atom stereocenters. The van der Waals surface area contributed by atoms with E-state index in [-0.39, 0.29) is 18.8 Å². The number of hydrogen-bond donors (Lipinski definition) is 1. The summed E-state index contributed by atoms with van der Waals surface area (Å²) in [4.78, 5) is 0. The maximum Gasteiger partial charge on any atom is 0.123 e. The Morgan fingerprint density at radius 2 is 2.09 bits per heavy atom. The molecule has 2 aromatic rings. The van der Waals surface area contributed by atoms with Crippen molar-refractivity contribution in [2.24, 2.45) is 0 Å². The zero-order valence-corrected chi connectivity index (χ0v) is 13.2. The SMILES string of the molecule is C=C[C@@]1(COCc2ccccc2)CC[C@@H](c2cccc(F)c2)N1.[HH]. The molecule has 2 aromatic carbocycles. The Hall–Kier alpha value is -1.97. The molecule has 0 spiro atoms. The predicted molar refractivity (Wildman–Crippen MR) is 92.7 cm³/mol. The summed E-state index contributed by atoms with van der Waals surface area (Å²) in [5.41, 5.74) is 1.90. The Labute approximate surface area is 138 Å². The standard InChI is InChI=1S/C20H22FNO.H2/c1-2-20(15-23-14-16-7-4-3-5-8-16)12-11-19(22-20)17-9-6-10-18(21)13-17;/h2-10,13,19,22H,1,11-12,14-15H2;1H/t19-,20-;/m0./s1. The van der Waals surface area contributed by atoms with Gasteiger partial charge in [0.15, 0.2) is 0 Å². The van der Waals surface area contributed by atoms with Crippen LogP contribution in [0.5, 0.6) is 0 Å². The van der Waals surface area contributed by atoms with Gasteiger partial charge in [-0.1, -0.05) is 48.5 Å². The highest BCUT2D eigenvalue weighted by Crippen LogP contribution is 2.34. The van der Waals surface area contributed by atoms with E-state index >= 15 is 0 Å². The van der Waals surface area contributed by atoms with Gasteiger partial charge in [0.1, 0.15) is 5.82 Å². The molecule has 1 aliphatic heterocycles. The van der Waals surface area contributed by atoms with E-state index in [0.717, 1.165) is 24.0 Å². The molecule has 2 nitrogen and oxygen atoms in total. The first-order valence-electron chi connectivity index (χ1n) is 7.99. The van der Waals surface area contributed by atoms with Crippen molar-refractivity contribution in [3.63, 3.8) is 0 Å². The predicted octanol–water partition coefficient (Wildman–Crippen LogP) is 4.64. The van der Waals surface area contributed by atoms with Crippen LogP contribution in [-0.2, 0) is 11.3 Å². The van der Waals surface area contributed by atoms with Crippen LogP contribution in [0.4, 0.5) is 4.39 Å². The van der Waals surface area contributed by atoms with Crippen LogP contribution in [0.25, 0.3) is 0 Å². The van der Waals surface area contributed by atoms with E-state index in [9.17, 15) is 4.39 Å². The van der Waals surface area contributed by atoms with E-state index in [0.29, 0.717) is 13.2 Å². The summed E-state index contributed by atoms with van der Waals surface area (Å²) in [6.07, 6.45) is 3.81. The number of ether oxygens (including phenoxy) is 1. The molecule has 0 bridgehead atoms. The summed E-state index contributed by atoms with van der Waals surface area (Å²) in [7, 11) is 0. The summed E-state index contributed by atoms with van der Waals surface area (Å²) >= 11 is 0. The highest BCUT2D eigenvalue weighted by molar-refractivity contribution is 5.24. The lowest BCUT2D eigenvalue weighted by Crippen LogP contribution is -2.43. The van der Waals surface area contributed by atoms with Crippen molar-refractivity contribution < 1.29 is 10.6 Å². The fraction of sp³-hybridized carbons (Fsp3) is 0.300. The van der Waals surface area contributed by atoms with Gasteiger partial charge in [-0.25, -0.2) is 4.39 Å². The van der Waals surface area contributed by atoms with Crippen molar-refractivity contribution in [2.45, 2.75) is 31.0 Å². The van der Waals surface area contributed by atoms with Crippen LogP contribution < -0.4 is 5.32 Å². The summed E-state index contributed by atoms with van der Waals surface area (Å²) in [5.74, 6) is -0.194. The van der Waals surface area contributed by atoms with E-state index in [2.05, 4.69) is 24.0 Å². The molecule has 1 heterocycles. The first-order valence-corrected chi connectivity index (χ1v) is 7.99. The number of halogens is 1. The van der Waals surface area contributed by atoms with Crippen LogP contribution in [0, 0.1) is 5.82 Å². The largest absolute Gasteiger partial charge is 0.375 e. The average Bonchev–Trinajstić information content (AvgIpc) is 3.01. The van der Waals surface area contributed by atoms with Crippen LogP contribution >= 0.6 is 0 Å². The second kappa shape index (κ2) is 7.07. The van der Waals surface area contributed by atoms with Gasteiger partial charge in [0.25, 0.3) is 0 Å². The molecule has 0 aliphatic carbocycles. The van der Waals surface area contributed by atoms with Crippen molar-refractivity contribution in [2.75, 3.05) is 6.61 Å². The topological polar surface area (TPSA) is 21.3 Å². The van der Waals surface area contributed by atoms with E-state index < -0.39 is 0 Å². The minimum atomic E-state index is -0.244. The quantitative estimate of drug-likeness (QED) is 0.785. The zero-order chi connectivity index (χ0) is 16.1. The molecule has 3 heteroatoms. The Bertz CT molecular complexity index is 664. The number of benzene rings is 2. The highest BCUT2D eigenvalue weighted by Gasteiger charge is 2.36. The third-order valence-electron chi connectivity index (χ3n) is 4.45. The molecule has 1 N–H and O–H groups in total. The van der Waals surface area contributed by atoms with Crippen LogP contribution in [0.3, 0.4) is 0 Å². The first kappa shape index (κ1) is 15.9. The second-order valence-electron chi connectivity index (χ2n) is 6.13. The second-order valence-corrected chi connectivity index (χ2v) is 6.13. The zero-order valence-electron chi connectivity index (χ0n) is 13.2.